The zero-order chi connectivity index (χ0) is 28.0. The maximum atomic E-state index is 13.9. The summed E-state index contributed by atoms with van der Waals surface area (Å²) in [5, 5.41) is 3.07. The molecule has 0 spiro atoms. The Balaban J connectivity index is 1.97. The molecule has 208 valence electrons. The minimum atomic E-state index is -4.01. The highest BCUT2D eigenvalue weighted by atomic mass is 32.2. The first kappa shape index (κ1) is 29.4. The third-order valence-electron chi connectivity index (χ3n) is 7.01. The van der Waals surface area contributed by atoms with E-state index in [0.29, 0.717) is 11.4 Å². The van der Waals surface area contributed by atoms with Gasteiger partial charge in [0.25, 0.3) is 0 Å². The molecule has 2 aromatic carbocycles. The Kier molecular flexibility index (Phi) is 9.78. The van der Waals surface area contributed by atoms with Gasteiger partial charge < -0.3 is 15.0 Å². The molecular formula is C28H40N4O5S. The molecule has 1 atom stereocenters. The highest BCUT2D eigenvalue weighted by Crippen LogP contribution is 2.26. The van der Waals surface area contributed by atoms with Crippen LogP contribution in [0.1, 0.15) is 49.3 Å². The van der Waals surface area contributed by atoms with Crippen molar-refractivity contribution in [3.63, 3.8) is 0 Å². The van der Waals surface area contributed by atoms with E-state index in [1.54, 1.807) is 32.2 Å². The molecule has 0 radical (unpaired) electrons. The summed E-state index contributed by atoms with van der Waals surface area (Å²) in [6, 6.07) is 12.1. The second-order valence-electron chi connectivity index (χ2n) is 10.1. The van der Waals surface area contributed by atoms with Gasteiger partial charge in [-0.2, -0.15) is 12.7 Å². The fourth-order valence-corrected chi connectivity index (χ4v) is 5.75. The van der Waals surface area contributed by atoms with Crippen LogP contribution < -0.4 is 14.4 Å². The smallest absolute Gasteiger partial charge is 0.304 e. The van der Waals surface area contributed by atoms with Gasteiger partial charge in [-0.25, -0.2) is 4.31 Å². The van der Waals surface area contributed by atoms with Crippen molar-refractivity contribution in [2.24, 2.45) is 0 Å². The number of nitrogens with one attached hydrogen (secondary N) is 1. The minimum absolute atomic E-state index is 0.0966. The average molecular weight is 545 g/mol. The molecule has 0 bridgehead atoms. The third kappa shape index (κ3) is 7.05. The lowest BCUT2D eigenvalue weighted by molar-refractivity contribution is -0.139. The van der Waals surface area contributed by atoms with Crippen LogP contribution in [0.5, 0.6) is 5.75 Å². The first-order chi connectivity index (χ1) is 17.9. The molecule has 1 aliphatic rings. The number of carbonyl (C=O) groups excluding carboxylic acids is 2. The number of ether oxygens (including phenoxy) is 1. The second kappa shape index (κ2) is 12.6. The molecule has 1 aliphatic carbocycles. The fraction of sp³-hybridized carbons (Fsp3) is 0.500. The Hall–Kier alpha value is -3.11. The largest absolute Gasteiger partial charge is 0.497 e. The van der Waals surface area contributed by atoms with E-state index >= 15 is 0 Å². The predicted molar refractivity (Wildman–Crippen MR) is 149 cm³/mol. The second-order valence-corrected chi connectivity index (χ2v) is 12.2. The highest BCUT2D eigenvalue weighted by molar-refractivity contribution is 7.90. The van der Waals surface area contributed by atoms with Crippen LogP contribution in [0.3, 0.4) is 0 Å². The van der Waals surface area contributed by atoms with Crippen LogP contribution in [0.25, 0.3) is 0 Å². The number of aryl methyl sites for hydroxylation is 2. The lowest BCUT2D eigenvalue weighted by Crippen LogP contribution is -2.53. The van der Waals surface area contributed by atoms with Crippen molar-refractivity contribution in [1.29, 1.82) is 0 Å². The zero-order valence-electron chi connectivity index (χ0n) is 23.2. The van der Waals surface area contributed by atoms with Crippen LogP contribution in [0.4, 0.5) is 5.69 Å². The van der Waals surface area contributed by atoms with Gasteiger partial charge in [-0.1, -0.05) is 37.1 Å². The van der Waals surface area contributed by atoms with E-state index in [1.807, 2.05) is 38.1 Å². The molecule has 0 heterocycles. The summed E-state index contributed by atoms with van der Waals surface area (Å²) >= 11 is 0. The van der Waals surface area contributed by atoms with Crippen LogP contribution in [-0.4, -0.2) is 69.3 Å². The molecule has 2 amide bonds. The topological polar surface area (TPSA) is 99.3 Å². The number of nitrogens with zero attached hydrogens (tertiary/aromatic N) is 3. The lowest BCUT2D eigenvalue weighted by atomic mass is 10.1. The normalized spacial score (nSPS) is 14.8. The number of rotatable bonds is 11. The Labute approximate surface area is 226 Å². The van der Waals surface area contributed by atoms with Crippen molar-refractivity contribution in [1.82, 2.24) is 14.5 Å². The first-order valence-corrected chi connectivity index (χ1v) is 14.3. The van der Waals surface area contributed by atoms with Crippen molar-refractivity contribution in [3.05, 3.63) is 59.2 Å². The standard InChI is InChI=1S/C28H40N4O5S/c1-20-14-15-21(2)26(16-20)32(38(35,36)30(4)5)19-27(33)31(18-23-10-9-13-25(17-23)37-6)22(3)28(34)29-24-11-7-8-12-24/h9-10,13-17,22,24H,7-8,11-12,18-19H2,1-6H3,(H,29,34)/t22-/m0/s1. The molecular weight excluding hydrogens is 504 g/mol. The SMILES string of the molecule is COc1cccc(CN(C(=O)CN(c2cc(C)ccc2C)S(=O)(=O)N(C)C)[C@@H](C)C(=O)NC2CCCC2)c1. The maximum Gasteiger partial charge on any atom is 0.304 e. The Morgan fingerprint density at radius 1 is 1.08 bits per heavy atom. The molecule has 3 rings (SSSR count). The maximum absolute atomic E-state index is 13.9. The van der Waals surface area contributed by atoms with E-state index in [4.69, 9.17) is 4.74 Å². The molecule has 2 aromatic rings. The molecule has 38 heavy (non-hydrogen) atoms. The number of methoxy groups -OCH3 is 1. The summed E-state index contributed by atoms with van der Waals surface area (Å²) in [5.74, 6) is -0.0970. The van der Waals surface area contributed by atoms with Crippen LogP contribution in [0, 0.1) is 13.8 Å². The molecule has 0 aromatic heterocycles. The number of anilines is 1. The number of amides is 2. The lowest BCUT2D eigenvalue weighted by Gasteiger charge is -2.33. The third-order valence-corrected chi connectivity index (χ3v) is 8.81. The summed E-state index contributed by atoms with van der Waals surface area (Å²) in [6.07, 6.45) is 3.98. The number of benzene rings is 2. The average Bonchev–Trinajstić information content (AvgIpc) is 3.39. The van der Waals surface area contributed by atoms with Gasteiger partial charge in [0.15, 0.2) is 0 Å². The van der Waals surface area contributed by atoms with Gasteiger partial charge in [-0.3, -0.25) is 9.59 Å². The number of hydrogen-bond donors (Lipinski definition) is 1. The molecule has 0 unspecified atom stereocenters. The van der Waals surface area contributed by atoms with Gasteiger partial charge in [-0.05, 0) is 68.5 Å². The van der Waals surface area contributed by atoms with Crippen molar-refractivity contribution in [2.75, 3.05) is 32.1 Å². The van der Waals surface area contributed by atoms with E-state index < -0.39 is 28.7 Å². The van der Waals surface area contributed by atoms with E-state index in [1.165, 1.54) is 19.0 Å². The van der Waals surface area contributed by atoms with E-state index in [2.05, 4.69) is 5.32 Å². The molecule has 0 saturated heterocycles. The highest BCUT2D eigenvalue weighted by Gasteiger charge is 2.34. The molecule has 1 fully saturated rings. The van der Waals surface area contributed by atoms with E-state index in [9.17, 15) is 18.0 Å². The summed E-state index contributed by atoms with van der Waals surface area (Å²) < 4.78 is 34.4. The van der Waals surface area contributed by atoms with Crippen molar-refractivity contribution >= 4 is 27.7 Å². The Morgan fingerprint density at radius 2 is 1.76 bits per heavy atom. The summed E-state index contributed by atoms with van der Waals surface area (Å²) in [7, 11) is 0.422. The molecule has 9 nitrogen and oxygen atoms in total. The van der Waals surface area contributed by atoms with Gasteiger partial charge in [0.1, 0.15) is 18.3 Å². The van der Waals surface area contributed by atoms with Gasteiger partial charge in [0, 0.05) is 26.7 Å². The van der Waals surface area contributed by atoms with E-state index in [-0.39, 0.29) is 18.5 Å². The number of carbonyl (C=O) groups is 2. The number of hydrogen-bond acceptors (Lipinski definition) is 5. The summed E-state index contributed by atoms with van der Waals surface area (Å²) in [5.41, 5.74) is 2.79. The van der Waals surface area contributed by atoms with Crippen molar-refractivity contribution in [2.45, 2.75) is 65.1 Å². The van der Waals surface area contributed by atoms with Crippen LogP contribution >= 0.6 is 0 Å². The quantitative estimate of drug-likeness (QED) is 0.468. The zero-order valence-corrected chi connectivity index (χ0v) is 24.0. The summed E-state index contributed by atoms with van der Waals surface area (Å²) in [6.45, 7) is 5.04. The van der Waals surface area contributed by atoms with Gasteiger partial charge in [0.2, 0.25) is 11.8 Å². The van der Waals surface area contributed by atoms with Gasteiger partial charge >= 0.3 is 10.2 Å². The minimum Gasteiger partial charge on any atom is -0.497 e. The first-order valence-electron chi connectivity index (χ1n) is 12.9. The van der Waals surface area contributed by atoms with Crippen molar-refractivity contribution in [3.8, 4) is 5.75 Å². The van der Waals surface area contributed by atoms with Gasteiger partial charge in [0.05, 0.1) is 12.8 Å². The molecule has 1 saturated carbocycles. The molecule has 1 N–H and O–H groups in total. The summed E-state index contributed by atoms with van der Waals surface area (Å²) in [4.78, 5) is 28.6. The van der Waals surface area contributed by atoms with Crippen LogP contribution in [0.2, 0.25) is 0 Å². The van der Waals surface area contributed by atoms with Crippen LogP contribution in [-0.2, 0) is 26.3 Å². The Bertz CT molecular complexity index is 1240. The van der Waals surface area contributed by atoms with Gasteiger partial charge in [-0.15, -0.1) is 0 Å². The Morgan fingerprint density at radius 3 is 2.39 bits per heavy atom. The van der Waals surface area contributed by atoms with Crippen molar-refractivity contribution < 1.29 is 22.7 Å². The monoisotopic (exact) mass is 544 g/mol. The predicted octanol–water partition coefficient (Wildman–Crippen LogP) is 3.40. The van der Waals surface area contributed by atoms with E-state index in [0.717, 1.165) is 51.0 Å². The molecule has 0 aliphatic heterocycles. The fourth-order valence-electron chi connectivity index (χ4n) is 4.63. The molecule has 10 heteroatoms. The van der Waals surface area contributed by atoms with Crippen LogP contribution in [0.15, 0.2) is 42.5 Å².